The predicted molar refractivity (Wildman–Crippen MR) is 46.0 cm³/mol. The van der Waals surface area contributed by atoms with Crippen LogP contribution in [-0.4, -0.2) is 68.6 Å². The first-order valence-corrected chi connectivity index (χ1v) is 4.50. The minimum Gasteiger partial charge on any atom is -0.479 e. The number of aliphatic carboxylic acids is 1. The van der Waals surface area contributed by atoms with E-state index in [1.807, 2.05) is 0 Å². The van der Waals surface area contributed by atoms with Gasteiger partial charge in [-0.1, -0.05) is 0 Å². The molecule has 5 atom stereocenters. The zero-order valence-electron chi connectivity index (χ0n) is 7.85. The molecule has 0 aromatic rings. The van der Waals surface area contributed by atoms with Gasteiger partial charge in [0, 0.05) is 6.42 Å². The lowest BCUT2D eigenvalue weighted by molar-refractivity contribution is -0.212. The van der Waals surface area contributed by atoms with Gasteiger partial charge in [-0.25, -0.2) is 4.79 Å². The summed E-state index contributed by atoms with van der Waals surface area (Å²) < 4.78 is 4.86. The SMILES string of the molecule is O=C(O)[C@@H]1C[C@@H](O)[C@@H](O)C([C@H](O)CO)O1. The van der Waals surface area contributed by atoms with E-state index in [1.54, 1.807) is 0 Å². The molecule has 0 aromatic heterocycles. The summed E-state index contributed by atoms with van der Waals surface area (Å²) >= 11 is 0. The lowest BCUT2D eigenvalue weighted by atomic mass is 9.95. The molecule has 0 aliphatic carbocycles. The van der Waals surface area contributed by atoms with E-state index in [9.17, 15) is 20.1 Å². The Kier molecular flexibility index (Phi) is 4.00. The van der Waals surface area contributed by atoms with Crippen molar-refractivity contribution in [3.8, 4) is 0 Å². The third kappa shape index (κ3) is 2.64. The van der Waals surface area contributed by atoms with E-state index in [-0.39, 0.29) is 6.42 Å². The van der Waals surface area contributed by atoms with Gasteiger partial charge in [-0.05, 0) is 0 Å². The minimum atomic E-state index is -1.42. The van der Waals surface area contributed by atoms with Crippen molar-refractivity contribution in [1.82, 2.24) is 0 Å². The van der Waals surface area contributed by atoms with E-state index in [1.165, 1.54) is 0 Å². The summed E-state index contributed by atoms with van der Waals surface area (Å²) in [5.41, 5.74) is 0. The third-order valence-corrected chi connectivity index (χ3v) is 2.35. The Morgan fingerprint density at radius 2 is 2.07 bits per heavy atom. The van der Waals surface area contributed by atoms with Gasteiger partial charge < -0.3 is 30.3 Å². The minimum absolute atomic E-state index is 0.245. The molecule has 1 unspecified atom stereocenters. The fourth-order valence-corrected chi connectivity index (χ4v) is 1.48. The number of hydrogen-bond acceptors (Lipinski definition) is 6. The second kappa shape index (κ2) is 4.86. The normalized spacial score (nSPS) is 38.7. The fourth-order valence-electron chi connectivity index (χ4n) is 1.48. The summed E-state index contributed by atoms with van der Waals surface area (Å²) in [5, 5.41) is 45.3. The van der Waals surface area contributed by atoms with Gasteiger partial charge in [-0.15, -0.1) is 0 Å². The first kappa shape index (κ1) is 12.3. The maximum Gasteiger partial charge on any atom is 0.332 e. The van der Waals surface area contributed by atoms with Gasteiger partial charge in [-0.3, -0.25) is 0 Å². The molecule has 0 radical (unpaired) electrons. The highest BCUT2D eigenvalue weighted by Gasteiger charge is 2.42. The highest BCUT2D eigenvalue weighted by molar-refractivity contribution is 5.72. The number of ether oxygens (including phenoxy) is 1. The van der Waals surface area contributed by atoms with Crippen LogP contribution in [0.5, 0.6) is 0 Å². The van der Waals surface area contributed by atoms with Crippen LogP contribution in [0.1, 0.15) is 6.42 Å². The van der Waals surface area contributed by atoms with E-state index >= 15 is 0 Å². The number of carbonyl (C=O) groups is 1. The fraction of sp³-hybridized carbons (Fsp3) is 0.875. The number of carboxylic acids is 1. The molecule has 1 fully saturated rings. The van der Waals surface area contributed by atoms with Crippen molar-refractivity contribution in [2.24, 2.45) is 0 Å². The van der Waals surface area contributed by atoms with Crippen molar-refractivity contribution in [3.63, 3.8) is 0 Å². The number of hydrogen-bond donors (Lipinski definition) is 5. The van der Waals surface area contributed by atoms with E-state index in [0.717, 1.165) is 0 Å². The van der Waals surface area contributed by atoms with Crippen LogP contribution in [0.4, 0.5) is 0 Å². The van der Waals surface area contributed by atoms with Crippen molar-refractivity contribution in [1.29, 1.82) is 0 Å². The molecular formula is C8H14O7. The molecule has 5 N–H and O–H groups in total. The zero-order valence-corrected chi connectivity index (χ0v) is 7.85. The molecule has 0 aromatic carbocycles. The molecule has 7 heteroatoms. The Morgan fingerprint density at radius 1 is 1.47 bits per heavy atom. The smallest absolute Gasteiger partial charge is 0.332 e. The lowest BCUT2D eigenvalue weighted by Crippen LogP contribution is -2.55. The second-order valence-electron chi connectivity index (χ2n) is 3.47. The van der Waals surface area contributed by atoms with Crippen LogP contribution in [0.15, 0.2) is 0 Å². The van der Waals surface area contributed by atoms with Crippen LogP contribution >= 0.6 is 0 Å². The number of carboxylic acid groups (broad SMARTS) is 1. The predicted octanol–water partition coefficient (Wildman–Crippen LogP) is -2.70. The van der Waals surface area contributed by atoms with Crippen molar-refractivity contribution < 1.29 is 35.1 Å². The Labute approximate surface area is 85.5 Å². The van der Waals surface area contributed by atoms with Crippen LogP contribution in [0, 0.1) is 0 Å². The number of aliphatic hydroxyl groups is 4. The maximum absolute atomic E-state index is 10.6. The quantitative estimate of drug-likeness (QED) is 0.351. The average molecular weight is 222 g/mol. The van der Waals surface area contributed by atoms with Gasteiger partial charge >= 0.3 is 5.97 Å². The molecule has 1 rings (SSSR count). The van der Waals surface area contributed by atoms with Crippen LogP contribution in [0.2, 0.25) is 0 Å². The molecule has 0 bridgehead atoms. The summed E-state index contributed by atoms with van der Waals surface area (Å²) in [6.45, 7) is -0.680. The van der Waals surface area contributed by atoms with Crippen molar-refractivity contribution in [2.45, 2.75) is 36.9 Å². The van der Waals surface area contributed by atoms with Crippen LogP contribution < -0.4 is 0 Å². The van der Waals surface area contributed by atoms with Crippen molar-refractivity contribution in [2.75, 3.05) is 6.61 Å². The molecule has 88 valence electrons. The summed E-state index contributed by atoms with van der Waals surface area (Å²) in [6, 6.07) is 0. The molecule has 1 aliphatic heterocycles. The molecule has 7 nitrogen and oxygen atoms in total. The Morgan fingerprint density at radius 3 is 2.53 bits per heavy atom. The molecule has 1 heterocycles. The van der Waals surface area contributed by atoms with Gasteiger partial charge in [0.2, 0.25) is 0 Å². The molecule has 0 amide bonds. The summed E-state index contributed by atoms with van der Waals surface area (Å²) in [4.78, 5) is 10.6. The van der Waals surface area contributed by atoms with Crippen LogP contribution in [-0.2, 0) is 9.53 Å². The summed E-state index contributed by atoms with van der Waals surface area (Å²) in [6.07, 6.45) is -6.93. The Bertz CT molecular complexity index is 231. The van der Waals surface area contributed by atoms with E-state index < -0.39 is 43.1 Å². The topological polar surface area (TPSA) is 127 Å². The number of rotatable bonds is 3. The van der Waals surface area contributed by atoms with Gasteiger partial charge in [-0.2, -0.15) is 0 Å². The Hall–Kier alpha value is -0.730. The Balaban J connectivity index is 2.72. The first-order chi connectivity index (χ1) is 6.97. The largest absolute Gasteiger partial charge is 0.479 e. The molecule has 15 heavy (non-hydrogen) atoms. The highest BCUT2D eigenvalue weighted by Crippen LogP contribution is 2.22. The van der Waals surface area contributed by atoms with Gasteiger partial charge in [0.1, 0.15) is 18.3 Å². The molecular weight excluding hydrogens is 208 g/mol. The molecule has 1 aliphatic rings. The lowest BCUT2D eigenvalue weighted by Gasteiger charge is -2.37. The molecule has 1 saturated heterocycles. The highest BCUT2D eigenvalue weighted by atomic mass is 16.6. The molecule has 0 spiro atoms. The van der Waals surface area contributed by atoms with Crippen molar-refractivity contribution in [3.05, 3.63) is 0 Å². The van der Waals surface area contributed by atoms with E-state index in [2.05, 4.69) is 0 Å². The first-order valence-electron chi connectivity index (χ1n) is 4.50. The van der Waals surface area contributed by atoms with Crippen molar-refractivity contribution >= 4 is 5.97 Å². The zero-order chi connectivity index (χ0) is 11.6. The van der Waals surface area contributed by atoms with Crippen LogP contribution in [0.3, 0.4) is 0 Å². The van der Waals surface area contributed by atoms with Gasteiger partial charge in [0.25, 0.3) is 0 Å². The van der Waals surface area contributed by atoms with Crippen LogP contribution in [0.25, 0.3) is 0 Å². The van der Waals surface area contributed by atoms with Gasteiger partial charge in [0.05, 0.1) is 12.7 Å². The second-order valence-corrected chi connectivity index (χ2v) is 3.47. The summed E-state index contributed by atoms with van der Waals surface area (Å²) in [7, 11) is 0. The number of aliphatic hydroxyl groups excluding tert-OH is 4. The third-order valence-electron chi connectivity index (χ3n) is 2.35. The molecule has 0 saturated carbocycles. The van der Waals surface area contributed by atoms with E-state index in [4.69, 9.17) is 14.9 Å². The average Bonchev–Trinajstić information content (AvgIpc) is 2.20. The van der Waals surface area contributed by atoms with Gasteiger partial charge in [0.15, 0.2) is 6.10 Å². The van der Waals surface area contributed by atoms with E-state index in [0.29, 0.717) is 0 Å². The maximum atomic E-state index is 10.6. The monoisotopic (exact) mass is 222 g/mol. The summed E-state index contributed by atoms with van der Waals surface area (Å²) in [5.74, 6) is -1.28. The standard InChI is InChI=1S/C8H14O7/c9-2-4(11)7-6(12)3(10)1-5(15-7)8(13)14/h3-7,9-12H,1-2H2,(H,13,14)/t3-,4-,5+,6-,7?/m1/s1.